The van der Waals surface area contributed by atoms with Crippen molar-refractivity contribution < 1.29 is 9.59 Å². The lowest BCUT2D eigenvalue weighted by molar-refractivity contribution is -0.159. The summed E-state index contributed by atoms with van der Waals surface area (Å²) in [4.78, 5) is 27.4. The fourth-order valence-electron chi connectivity index (χ4n) is 6.37. The van der Waals surface area contributed by atoms with E-state index >= 15 is 0 Å². The molecule has 5 fully saturated rings. The van der Waals surface area contributed by atoms with Crippen molar-refractivity contribution in [3.8, 4) is 0 Å². The minimum Gasteiger partial charge on any atom is -0.356 e. The smallest absolute Gasteiger partial charge is 0.228 e. The number of nitrogens with zero attached hydrogens (tertiary/aromatic N) is 1. The summed E-state index contributed by atoms with van der Waals surface area (Å²) in [5, 5.41) is 2.93. The third-order valence-electron chi connectivity index (χ3n) is 7.00. The second-order valence-corrected chi connectivity index (χ2v) is 8.66. The average molecular weight is 318 g/mol. The Morgan fingerprint density at radius 1 is 1.00 bits per heavy atom. The Bertz CT molecular complexity index is 458. The minimum absolute atomic E-state index is 0.0206. The molecule has 1 N–H and O–H groups in total. The molecule has 0 spiro atoms. The molecule has 0 aromatic heterocycles. The predicted octanol–water partition coefficient (Wildman–Crippen LogP) is 2.58. The lowest BCUT2D eigenvalue weighted by Crippen LogP contribution is -2.56. The third-order valence-corrected chi connectivity index (χ3v) is 7.00. The normalized spacial score (nSPS) is 39.5. The van der Waals surface area contributed by atoms with Gasteiger partial charge in [0, 0.05) is 25.6 Å². The zero-order chi connectivity index (χ0) is 16.0. The van der Waals surface area contributed by atoms with Crippen LogP contribution in [0.5, 0.6) is 0 Å². The van der Waals surface area contributed by atoms with Crippen LogP contribution in [0.1, 0.15) is 58.3 Å². The summed E-state index contributed by atoms with van der Waals surface area (Å²) < 4.78 is 0. The molecule has 4 heteroatoms. The summed E-state index contributed by atoms with van der Waals surface area (Å²) in [6, 6.07) is 0. The molecule has 1 saturated heterocycles. The highest BCUT2D eigenvalue weighted by atomic mass is 16.2. The van der Waals surface area contributed by atoms with E-state index in [-0.39, 0.29) is 17.2 Å². The fraction of sp³-hybridized carbons (Fsp3) is 0.895. The van der Waals surface area contributed by atoms with Crippen molar-refractivity contribution in [3.63, 3.8) is 0 Å². The molecule has 128 valence electrons. The van der Waals surface area contributed by atoms with Gasteiger partial charge >= 0.3 is 0 Å². The van der Waals surface area contributed by atoms with Gasteiger partial charge in [0.15, 0.2) is 0 Å². The van der Waals surface area contributed by atoms with E-state index in [2.05, 4.69) is 10.2 Å². The molecule has 5 rings (SSSR count). The molecule has 4 bridgehead atoms. The van der Waals surface area contributed by atoms with Crippen LogP contribution in [-0.2, 0) is 9.59 Å². The van der Waals surface area contributed by atoms with E-state index in [9.17, 15) is 9.59 Å². The van der Waals surface area contributed by atoms with Crippen molar-refractivity contribution in [2.24, 2.45) is 29.1 Å². The molecule has 0 atom stereocenters. The van der Waals surface area contributed by atoms with Crippen LogP contribution in [0.2, 0.25) is 0 Å². The summed E-state index contributed by atoms with van der Waals surface area (Å²) in [6.45, 7) is 4.22. The van der Waals surface area contributed by atoms with Crippen LogP contribution in [0, 0.1) is 29.1 Å². The van der Waals surface area contributed by atoms with Gasteiger partial charge in [-0.25, -0.2) is 0 Å². The number of hydrogen-bond donors (Lipinski definition) is 1. The number of carbonyl (C=O) groups excluding carboxylic acids is 2. The molecule has 4 saturated carbocycles. The van der Waals surface area contributed by atoms with Crippen LogP contribution >= 0.6 is 0 Å². The molecule has 0 aromatic carbocycles. The molecular weight excluding hydrogens is 288 g/mol. The van der Waals surface area contributed by atoms with Crippen molar-refractivity contribution >= 4 is 11.8 Å². The van der Waals surface area contributed by atoms with E-state index in [1.807, 2.05) is 6.92 Å². The Morgan fingerprint density at radius 2 is 1.52 bits per heavy atom. The van der Waals surface area contributed by atoms with Crippen molar-refractivity contribution in [1.82, 2.24) is 10.2 Å². The van der Waals surface area contributed by atoms with E-state index < -0.39 is 0 Å². The van der Waals surface area contributed by atoms with Gasteiger partial charge in [0.25, 0.3) is 0 Å². The van der Waals surface area contributed by atoms with Crippen molar-refractivity contribution in [2.45, 2.75) is 58.3 Å². The highest BCUT2D eigenvalue weighted by Gasteiger charge is 2.55. The SMILES string of the molecule is CCNC(=O)C1CCN(C(=O)C23CC4CC(CC(C4)C2)C3)CC1. The lowest BCUT2D eigenvalue weighted by atomic mass is 9.49. The first-order valence-electron chi connectivity index (χ1n) is 9.67. The molecule has 23 heavy (non-hydrogen) atoms. The van der Waals surface area contributed by atoms with Crippen molar-refractivity contribution in [3.05, 3.63) is 0 Å². The van der Waals surface area contributed by atoms with E-state index in [1.54, 1.807) is 0 Å². The van der Waals surface area contributed by atoms with Crippen LogP contribution < -0.4 is 5.32 Å². The van der Waals surface area contributed by atoms with Gasteiger partial charge in [0.05, 0.1) is 5.41 Å². The monoisotopic (exact) mass is 318 g/mol. The van der Waals surface area contributed by atoms with Gasteiger partial charge in [-0.05, 0) is 76.0 Å². The minimum atomic E-state index is -0.0206. The van der Waals surface area contributed by atoms with Crippen LogP contribution in [0.25, 0.3) is 0 Å². The number of carbonyl (C=O) groups is 2. The molecule has 5 aliphatic rings. The number of likely N-dealkylation sites (tertiary alicyclic amines) is 1. The zero-order valence-electron chi connectivity index (χ0n) is 14.4. The molecule has 1 aliphatic heterocycles. The summed E-state index contributed by atoms with van der Waals surface area (Å²) in [5.41, 5.74) is -0.0206. The van der Waals surface area contributed by atoms with Gasteiger partial charge in [-0.1, -0.05) is 0 Å². The van der Waals surface area contributed by atoms with E-state index in [0.29, 0.717) is 12.5 Å². The highest BCUT2D eigenvalue weighted by molar-refractivity contribution is 5.84. The molecule has 1 heterocycles. The van der Waals surface area contributed by atoms with Gasteiger partial charge < -0.3 is 10.2 Å². The standard InChI is InChI=1S/C19H30N2O2/c1-2-20-17(22)16-3-5-21(6-4-16)18(23)19-10-13-7-14(11-19)9-15(8-13)12-19/h13-16H,2-12H2,1H3,(H,20,22). The highest BCUT2D eigenvalue weighted by Crippen LogP contribution is 2.60. The van der Waals surface area contributed by atoms with Gasteiger partial charge in [0.1, 0.15) is 0 Å². The molecular formula is C19H30N2O2. The lowest BCUT2D eigenvalue weighted by Gasteiger charge is -2.57. The van der Waals surface area contributed by atoms with E-state index in [0.717, 1.165) is 62.9 Å². The topological polar surface area (TPSA) is 49.4 Å². The maximum atomic E-state index is 13.3. The molecule has 4 aliphatic carbocycles. The Labute approximate surface area is 139 Å². The summed E-state index contributed by atoms with van der Waals surface area (Å²) in [6.07, 6.45) is 9.26. The summed E-state index contributed by atoms with van der Waals surface area (Å²) in [5.74, 6) is 3.17. The summed E-state index contributed by atoms with van der Waals surface area (Å²) >= 11 is 0. The number of piperidine rings is 1. The first kappa shape index (κ1) is 15.5. The Kier molecular flexibility index (Phi) is 3.89. The van der Waals surface area contributed by atoms with Crippen LogP contribution in [0.3, 0.4) is 0 Å². The molecule has 0 aromatic rings. The van der Waals surface area contributed by atoms with Crippen LogP contribution in [0.4, 0.5) is 0 Å². The van der Waals surface area contributed by atoms with Crippen LogP contribution in [0.15, 0.2) is 0 Å². The van der Waals surface area contributed by atoms with E-state index in [1.165, 1.54) is 19.3 Å². The first-order chi connectivity index (χ1) is 11.1. The van der Waals surface area contributed by atoms with Crippen molar-refractivity contribution in [1.29, 1.82) is 0 Å². The maximum absolute atomic E-state index is 13.3. The quantitative estimate of drug-likeness (QED) is 0.869. The molecule has 4 nitrogen and oxygen atoms in total. The average Bonchev–Trinajstić information content (AvgIpc) is 2.53. The van der Waals surface area contributed by atoms with Gasteiger partial charge in [-0.2, -0.15) is 0 Å². The fourth-order valence-corrected chi connectivity index (χ4v) is 6.37. The van der Waals surface area contributed by atoms with Crippen molar-refractivity contribution in [2.75, 3.05) is 19.6 Å². The van der Waals surface area contributed by atoms with Gasteiger partial charge in [-0.15, -0.1) is 0 Å². The Hall–Kier alpha value is -1.06. The first-order valence-corrected chi connectivity index (χ1v) is 9.67. The Balaban J connectivity index is 1.40. The molecule has 0 radical (unpaired) electrons. The Morgan fingerprint density at radius 3 is 2.00 bits per heavy atom. The number of amides is 2. The molecule has 0 unspecified atom stereocenters. The maximum Gasteiger partial charge on any atom is 0.228 e. The van der Waals surface area contributed by atoms with E-state index in [4.69, 9.17) is 0 Å². The molecule has 2 amide bonds. The van der Waals surface area contributed by atoms with Gasteiger partial charge in [0.2, 0.25) is 11.8 Å². The summed E-state index contributed by atoms with van der Waals surface area (Å²) in [7, 11) is 0. The van der Waals surface area contributed by atoms with Crippen LogP contribution in [-0.4, -0.2) is 36.3 Å². The third kappa shape index (κ3) is 2.68. The van der Waals surface area contributed by atoms with Gasteiger partial charge in [-0.3, -0.25) is 9.59 Å². The number of nitrogens with one attached hydrogen (secondary N) is 1. The second kappa shape index (κ2) is 5.78. The zero-order valence-corrected chi connectivity index (χ0v) is 14.4. The largest absolute Gasteiger partial charge is 0.356 e. The number of hydrogen-bond acceptors (Lipinski definition) is 2. The number of rotatable bonds is 3. The second-order valence-electron chi connectivity index (χ2n) is 8.66. The predicted molar refractivity (Wildman–Crippen MR) is 88.6 cm³/mol.